The van der Waals surface area contributed by atoms with Gasteiger partial charge < -0.3 is 9.73 Å². The van der Waals surface area contributed by atoms with Gasteiger partial charge in [-0.2, -0.15) is 0 Å². The molecule has 1 aromatic heterocycles. The van der Waals surface area contributed by atoms with Crippen molar-refractivity contribution in [2.24, 2.45) is 0 Å². The van der Waals surface area contributed by atoms with Crippen molar-refractivity contribution in [2.45, 2.75) is 6.04 Å². The molecule has 0 saturated carbocycles. The second kappa shape index (κ2) is 5.49. The molecule has 2 nitrogen and oxygen atoms in total. The third-order valence-corrected chi connectivity index (χ3v) is 3.72. The zero-order valence-corrected chi connectivity index (χ0v) is 12.4. The number of hydrogen-bond donors (Lipinski definition) is 1. The van der Waals surface area contributed by atoms with Crippen LogP contribution in [-0.2, 0) is 0 Å². The number of fused-ring (bicyclic) bond motifs is 1. The van der Waals surface area contributed by atoms with E-state index in [1.54, 1.807) is 0 Å². The van der Waals surface area contributed by atoms with Gasteiger partial charge in [0, 0.05) is 15.4 Å². The number of furan rings is 1. The largest absolute Gasteiger partial charge is 0.459 e. The number of rotatable bonds is 3. The second-order valence-electron chi connectivity index (χ2n) is 4.61. The topological polar surface area (TPSA) is 25.2 Å². The molecule has 0 radical (unpaired) electrons. The molecule has 102 valence electrons. The predicted molar refractivity (Wildman–Crippen MR) is 83.6 cm³/mol. The highest BCUT2D eigenvalue weighted by atomic mass is 35.5. The van der Waals surface area contributed by atoms with Crippen molar-refractivity contribution in [2.75, 3.05) is 7.05 Å². The molecule has 1 atom stereocenters. The van der Waals surface area contributed by atoms with E-state index in [0.717, 1.165) is 22.3 Å². The molecule has 0 saturated heterocycles. The average molecular weight is 306 g/mol. The smallest absolute Gasteiger partial charge is 0.134 e. The van der Waals surface area contributed by atoms with Gasteiger partial charge in [-0.25, -0.2) is 0 Å². The van der Waals surface area contributed by atoms with Crippen molar-refractivity contribution in [3.05, 3.63) is 69.9 Å². The molecular weight excluding hydrogens is 293 g/mol. The zero-order chi connectivity index (χ0) is 14.1. The van der Waals surface area contributed by atoms with Crippen LogP contribution in [0.3, 0.4) is 0 Å². The highest BCUT2D eigenvalue weighted by Crippen LogP contribution is 2.30. The fraction of sp³-hybridized carbons (Fsp3) is 0.125. The lowest BCUT2D eigenvalue weighted by molar-refractivity contribution is 0.491. The van der Waals surface area contributed by atoms with Crippen molar-refractivity contribution in [1.29, 1.82) is 0 Å². The number of nitrogens with one attached hydrogen (secondary N) is 1. The Hall–Kier alpha value is -1.48. The maximum absolute atomic E-state index is 6.06. The highest BCUT2D eigenvalue weighted by Gasteiger charge is 2.17. The van der Waals surface area contributed by atoms with E-state index in [1.807, 2.05) is 55.6 Å². The van der Waals surface area contributed by atoms with Gasteiger partial charge in [-0.15, -0.1) is 0 Å². The molecule has 4 heteroatoms. The molecule has 0 bridgehead atoms. The molecule has 0 aliphatic rings. The summed E-state index contributed by atoms with van der Waals surface area (Å²) in [6.07, 6.45) is 0. The van der Waals surface area contributed by atoms with E-state index in [9.17, 15) is 0 Å². The third kappa shape index (κ3) is 2.55. The van der Waals surface area contributed by atoms with Crippen molar-refractivity contribution in [3.8, 4) is 0 Å². The van der Waals surface area contributed by atoms with Gasteiger partial charge in [0.25, 0.3) is 0 Å². The van der Waals surface area contributed by atoms with Crippen LogP contribution in [0.4, 0.5) is 0 Å². The molecule has 0 aliphatic carbocycles. The molecule has 3 aromatic rings. The fourth-order valence-electron chi connectivity index (χ4n) is 2.34. The first-order chi connectivity index (χ1) is 9.67. The Labute approximate surface area is 127 Å². The summed E-state index contributed by atoms with van der Waals surface area (Å²) in [7, 11) is 1.89. The third-order valence-electron chi connectivity index (χ3n) is 3.25. The fourth-order valence-corrected chi connectivity index (χ4v) is 2.72. The molecule has 0 amide bonds. The summed E-state index contributed by atoms with van der Waals surface area (Å²) >= 11 is 12.1. The molecule has 20 heavy (non-hydrogen) atoms. The van der Waals surface area contributed by atoms with Crippen LogP contribution in [0.1, 0.15) is 17.4 Å². The lowest BCUT2D eigenvalue weighted by Crippen LogP contribution is -2.16. The van der Waals surface area contributed by atoms with E-state index >= 15 is 0 Å². The monoisotopic (exact) mass is 305 g/mol. The molecule has 0 aliphatic heterocycles. The zero-order valence-electron chi connectivity index (χ0n) is 10.9. The van der Waals surface area contributed by atoms with Gasteiger partial charge in [0.1, 0.15) is 11.3 Å². The highest BCUT2D eigenvalue weighted by molar-refractivity contribution is 6.31. The molecule has 3 rings (SSSR count). The van der Waals surface area contributed by atoms with E-state index in [1.165, 1.54) is 0 Å². The van der Waals surface area contributed by atoms with Crippen LogP contribution in [0.15, 0.2) is 52.9 Å². The molecule has 0 spiro atoms. The first-order valence-corrected chi connectivity index (χ1v) is 7.04. The normalized spacial score (nSPS) is 12.8. The summed E-state index contributed by atoms with van der Waals surface area (Å²) in [4.78, 5) is 0. The summed E-state index contributed by atoms with van der Waals surface area (Å²) in [5.74, 6) is 0.840. The first-order valence-electron chi connectivity index (χ1n) is 6.29. The van der Waals surface area contributed by atoms with Crippen LogP contribution in [0.25, 0.3) is 11.0 Å². The van der Waals surface area contributed by atoms with Crippen LogP contribution >= 0.6 is 23.2 Å². The van der Waals surface area contributed by atoms with E-state index in [-0.39, 0.29) is 6.04 Å². The molecular formula is C16H13Cl2NO. The van der Waals surface area contributed by atoms with Crippen LogP contribution in [-0.4, -0.2) is 7.05 Å². The van der Waals surface area contributed by atoms with Crippen LogP contribution in [0, 0.1) is 0 Å². The van der Waals surface area contributed by atoms with Crippen LogP contribution in [0.2, 0.25) is 10.0 Å². The number of benzene rings is 2. The summed E-state index contributed by atoms with van der Waals surface area (Å²) in [6, 6.07) is 15.3. The average Bonchev–Trinajstić information content (AvgIpc) is 2.82. The van der Waals surface area contributed by atoms with Crippen LogP contribution < -0.4 is 5.32 Å². The van der Waals surface area contributed by atoms with Crippen LogP contribution in [0.5, 0.6) is 0 Å². The first kappa shape index (κ1) is 13.5. The maximum atomic E-state index is 6.06. The molecule has 1 heterocycles. The van der Waals surface area contributed by atoms with E-state index in [0.29, 0.717) is 10.0 Å². The van der Waals surface area contributed by atoms with Crippen molar-refractivity contribution < 1.29 is 4.42 Å². The van der Waals surface area contributed by atoms with E-state index in [4.69, 9.17) is 27.6 Å². The van der Waals surface area contributed by atoms with Gasteiger partial charge in [-0.3, -0.25) is 0 Å². The summed E-state index contributed by atoms with van der Waals surface area (Å²) in [6.45, 7) is 0. The van der Waals surface area contributed by atoms with Crippen molar-refractivity contribution >= 4 is 34.2 Å². The molecule has 2 aromatic carbocycles. The number of halogens is 2. The second-order valence-corrected chi connectivity index (χ2v) is 5.48. The minimum Gasteiger partial charge on any atom is -0.459 e. The van der Waals surface area contributed by atoms with Gasteiger partial charge in [-0.05, 0) is 49.0 Å². The van der Waals surface area contributed by atoms with Crippen molar-refractivity contribution in [3.63, 3.8) is 0 Å². The summed E-state index contributed by atoms with van der Waals surface area (Å²) in [5.41, 5.74) is 1.89. The van der Waals surface area contributed by atoms with Crippen molar-refractivity contribution in [1.82, 2.24) is 5.32 Å². The van der Waals surface area contributed by atoms with Gasteiger partial charge in [-0.1, -0.05) is 35.3 Å². The van der Waals surface area contributed by atoms with E-state index in [2.05, 4.69) is 5.32 Å². The Morgan fingerprint density at radius 3 is 2.55 bits per heavy atom. The Morgan fingerprint density at radius 2 is 1.80 bits per heavy atom. The standard InChI is InChI=1S/C16H13Cl2NO/c1-19-16(10-3-2-4-12(17)7-10)15-9-11-8-13(18)5-6-14(11)20-15/h2-9,16,19H,1H3. The summed E-state index contributed by atoms with van der Waals surface area (Å²) < 4.78 is 5.91. The van der Waals surface area contributed by atoms with Gasteiger partial charge in [0.15, 0.2) is 0 Å². The summed E-state index contributed by atoms with van der Waals surface area (Å²) in [5, 5.41) is 5.66. The Kier molecular flexibility index (Phi) is 3.70. The van der Waals surface area contributed by atoms with E-state index < -0.39 is 0 Å². The van der Waals surface area contributed by atoms with Gasteiger partial charge >= 0.3 is 0 Å². The maximum Gasteiger partial charge on any atom is 0.134 e. The lowest BCUT2D eigenvalue weighted by Gasteiger charge is -2.14. The predicted octanol–water partition coefficient (Wildman–Crippen LogP) is 5.05. The number of hydrogen-bond acceptors (Lipinski definition) is 2. The molecule has 1 N–H and O–H groups in total. The Morgan fingerprint density at radius 1 is 1.00 bits per heavy atom. The van der Waals surface area contributed by atoms with Gasteiger partial charge in [0.2, 0.25) is 0 Å². The van der Waals surface area contributed by atoms with Gasteiger partial charge in [0.05, 0.1) is 6.04 Å². The molecule has 0 fully saturated rings. The Bertz CT molecular complexity index is 751. The molecule has 1 unspecified atom stereocenters. The lowest BCUT2D eigenvalue weighted by atomic mass is 10.0. The quantitative estimate of drug-likeness (QED) is 0.732. The SMILES string of the molecule is CNC(c1cccc(Cl)c1)c1cc2cc(Cl)ccc2o1. The minimum atomic E-state index is -0.0418. The Balaban J connectivity index is 2.07. The minimum absolute atomic E-state index is 0.0418.